The molecule has 4 nitrogen and oxygen atoms in total. The van der Waals surface area contributed by atoms with Gasteiger partial charge in [-0.3, -0.25) is 11.3 Å². The molecule has 0 spiro atoms. The lowest BCUT2D eigenvalue weighted by atomic mass is 9.97. The van der Waals surface area contributed by atoms with Crippen LogP contribution in [-0.2, 0) is 6.42 Å². The average Bonchev–Trinajstić information content (AvgIpc) is 2.58. The number of hydrogen-bond acceptors (Lipinski definition) is 4. The first-order valence-electron chi connectivity index (χ1n) is 7.50. The van der Waals surface area contributed by atoms with Crippen molar-refractivity contribution in [1.82, 2.24) is 15.2 Å². The number of aryl methyl sites for hydroxylation is 1. The van der Waals surface area contributed by atoms with Crippen LogP contribution in [0.1, 0.15) is 17.5 Å². The molecule has 1 heterocycles. The molecule has 4 heteroatoms. The molecule has 0 aromatic heterocycles. The van der Waals surface area contributed by atoms with E-state index in [0.717, 1.165) is 19.5 Å². The van der Waals surface area contributed by atoms with Gasteiger partial charge >= 0.3 is 0 Å². The highest BCUT2D eigenvalue weighted by atomic mass is 15.3. The molecule has 3 N–H and O–H groups in total. The van der Waals surface area contributed by atoms with Crippen molar-refractivity contribution in [3.05, 3.63) is 35.4 Å². The molecule has 1 aliphatic rings. The van der Waals surface area contributed by atoms with Crippen molar-refractivity contribution in [3.8, 4) is 0 Å². The molecule has 0 bridgehead atoms. The molecule has 1 aromatic rings. The van der Waals surface area contributed by atoms with E-state index in [1.807, 2.05) is 0 Å². The summed E-state index contributed by atoms with van der Waals surface area (Å²) in [6.45, 7) is 5.51. The molecule has 112 valence electrons. The number of hydrazine groups is 1. The molecule has 2 atom stereocenters. The normalized spacial score (nSPS) is 23.5. The standard InChI is InChI=1S/C16H28N4/c1-13-6-4-7-14(10-13)11-15(18-17)16-12-19(2)8-5-9-20(16)3/h4,6-7,10,15-16,18H,5,8-9,11-12,17H2,1-3H3. The Bertz CT molecular complexity index is 421. The van der Waals surface area contributed by atoms with Crippen LogP contribution in [0, 0.1) is 6.92 Å². The second kappa shape index (κ2) is 7.18. The van der Waals surface area contributed by atoms with E-state index in [1.165, 1.54) is 24.1 Å². The maximum atomic E-state index is 5.85. The number of nitrogens with two attached hydrogens (primary N) is 1. The van der Waals surface area contributed by atoms with Gasteiger partial charge in [0.2, 0.25) is 0 Å². The van der Waals surface area contributed by atoms with Crippen LogP contribution in [0.2, 0.25) is 0 Å². The van der Waals surface area contributed by atoms with E-state index in [9.17, 15) is 0 Å². The first-order chi connectivity index (χ1) is 9.60. The third kappa shape index (κ3) is 4.03. The predicted molar refractivity (Wildman–Crippen MR) is 84.5 cm³/mol. The van der Waals surface area contributed by atoms with Crippen molar-refractivity contribution in [2.75, 3.05) is 33.7 Å². The van der Waals surface area contributed by atoms with E-state index in [2.05, 4.69) is 60.5 Å². The van der Waals surface area contributed by atoms with Crippen molar-refractivity contribution in [1.29, 1.82) is 0 Å². The molecule has 0 radical (unpaired) electrons. The summed E-state index contributed by atoms with van der Waals surface area (Å²) in [5.41, 5.74) is 5.71. The summed E-state index contributed by atoms with van der Waals surface area (Å²) in [6, 6.07) is 9.44. The largest absolute Gasteiger partial charge is 0.305 e. The van der Waals surface area contributed by atoms with Gasteiger partial charge in [0, 0.05) is 18.6 Å². The summed E-state index contributed by atoms with van der Waals surface area (Å²) in [5, 5.41) is 0. The van der Waals surface area contributed by atoms with Crippen molar-refractivity contribution in [2.24, 2.45) is 5.84 Å². The number of nitrogens with one attached hydrogen (secondary N) is 1. The lowest BCUT2D eigenvalue weighted by Gasteiger charge is -2.34. The summed E-state index contributed by atoms with van der Waals surface area (Å²) in [4.78, 5) is 4.86. The van der Waals surface area contributed by atoms with Crippen molar-refractivity contribution in [3.63, 3.8) is 0 Å². The van der Waals surface area contributed by atoms with Crippen LogP contribution in [0.3, 0.4) is 0 Å². The summed E-state index contributed by atoms with van der Waals surface area (Å²) in [5.74, 6) is 5.85. The van der Waals surface area contributed by atoms with Gasteiger partial charge in [-0.15, -0.1) is 0 Å². The van der Waals surface area contributed by atoms with Gasteiger partial charge in [0.1, 0.15) is 0 Å². The second-order valence-electron chi connectivity index (χ2n) is 6.13. The molecule has 1 fully saturated rings. The first kappa shape index (κ1) is 15.4. The van der Waals surface area contributed by atoms with Gasteiger partial charge in [0.15, 0.2) is 0 Å². The third-order valence-corrected chi connectivity index (χ3v) is 4.33. The zero-order valence-electron chi connectivity index (χ0n) is 13.0. The molecule has 1 saturated heterocycles. The highest BCUT2D eigenvalue weighted by Gasteiger charge is 2.27. The van der Waals surface area contributed by atoms with Crippen molar-refractivity contribution < 1.29 is 0 Å². The number of rotatable bonds is 4. The Balaban J connectivity index is 2.09. The van der Waals surface area contributed by atoms with Gasteiger partial charge < -0.3 is 9.80 Å². The van der Waals surface area contributed by atoms with Crippen molar-refractivity contribution >= 4 is 0 Å². The second-order valence-corrected chi connectivity index (χ2v) is 6.13. The molecular weight excluding hydrogens is 248 g/mol. The van der Waals surface area contributed by atoms with Crippen LogP contribution in [0.4, 0.5) is 0 Å². The Morgan fingerprint density at radius 3 is 2.85 bits per heavy atom. The lowest BCUT2D eigenvalue weighted by Crippen LogP contribution is -2.55. The van der Waals surface area contributed by atoms with Crippen molar-refractivity contribution in [2.45, 2.75) is 31.8 Å². The summed E-state index contributed by atoms with van der Waals surface area (Å²) in [6.07, 6.45) is 2.20. The van der Waals surface area contributed by atoms with Gasteiger partial charge in [-0.1, -0.05) is 29.8 Å². The molecule has 2 unspecified atom stereocenters. The van der Waals surface area contributed by atoms with Gasteiger partial charge in [-0.2, -0.15) is 0 Å². The highest BCUT2D eigenvalue weighted by Crippen LogP contribution is 2.15. The summed E-state index contributed by atoms with van der Waals surface area (Å²) < 4.78 is 0. The number of likely N-dealkylation sites (N-methyl/N-ethyl adjacent to an activating group) is 2. The van der Waals surface area contributed by atoms with Crippen LogP contribution in [0.5, 0.6) is 0 Å². The topological polar surface area (TPSA) is 44.5 Å². The van der Waals surface area contributed by atoms with Crippen LogP contribution in [-0.4, -0.2) is 55.6 Å². The van der Waals surface area contributed by atoms with E-state index >= 15 is 0 Å². The lowest BCUT2D eigenvalue weighted by molar-refractivity contribution is 0.177. The van der Waals surface area contributed by atoms with Gasteiger partial charge in [0.05, 0.1) is 0 Å². The molecule has 1 aliphatic heterocycles. The Labute approximate surface area is 122 Å². The average molecular weight is 276 g/mol. The minimum Gasteiger partial charge on any atom is -0.305 e. The third-order valence-electron chi connectivity index (χ3n) is 4.33. The maximum Gasteiger partial charge on any atom is 0.0418 e. The molecule has 0 amide bonds. The Hall–Kier alpha value is -0.940. The van der Waals surface area contributed by atoms with E-state index in [-0.39, 0.29) is 6.04 Å². The van der Waals surface area contributed by atoms with E-state index in [4.69, 9.17) is 5.84 Å². The van der Waals surface area contributed by atoms with E-state index in [0.29, 0.717) is 6.04 Å². The maximum absolute atomic E-state index is 5.85. The minimum atomic E-state index is 0.280. The van der Waals surface area contributed by atoms with Crippen LogP contribution < -0.4 is 11.3 Å². The fraction of sp³-hybridized carbons (Fsp3) is 0.625. The predicted octanol–water partition coefficient (Wildman–Crippen LogP) is 1.01. The van der Waals surface area contributed by atoms with E-state index < -0.39 is 0 Å². The minimum absolute atomic E-state index is 0.280. The van der Waals surface area contributed by atoms with E-state index in [1.54, 1.807) is 0 Å². The zero-order valence-corrected chi connectivity index (χ0v) is 13.0. The summed E-state index contributed by atoms with van der Waals surface area (Å²) in [7, 11) is 4.41. The molecule has 1 aromatic carbocycles. The smallest absolute Gasteiger partial charge is 0.0418 e. The quantitative estimate of drug-likeness (QED) is 0.636. The van der Waals surface area contributed by atoms with Crippen LogP contribution in [0.15, 0.2) is 24.3 Å². The summed E-state index contributed by atoms with van der Waals surface area (Å²) >= 11 is 0. The van der Waals surface area contributed by atoms with Gasteiger partial charge in [0.25, 0.3) is 0 Å². The molecule has 0 saturated carbocycles. The molecule has 20 heavy (non-hydrogen) atoms. The fourth-order valence-corrected chi connectivity index (χ4v) is 3.14. The number of hydrogen-bond donors (Lipinski definition) is 2. The number of nitrogens with zero attached hydrogens (tertiary/aromatic N) is 2. The Kier molecular flexibility index (Phi) is 5.54. The Morgan fingerprint density at radius 2 is 2.15 bits per heavy atom. The fourth-order valence-electron chi connectivity index (χ4n) is 3.14. The van der Waals surface area contributed by atoms with Gasteiger partial charge in [-0.25, -0.2) is 0 Å². The SMILES string of the molecule is Cc1cccc(CC(NN)C2CN(C)CCCN2C)c1. The zero-order chi connectivity index (χ0) is 14.5. The molecule has 0 aliphatic carbocycles. The van der Waals surface area contributed by atoms with Crippen LogP contribution in [0.25, 0.3) is 0 Å². The first-order valence-corrected chi connectivity index (χ1v) is 7.50. The van der Waals surface area contributed by atoms with Crippen LogP contribution >= 0.6 is 0 Å². The van der Waals surface area contributed by atoms with Gasteiger partial charge in [-0.05, 0) is 52.5 Å². The molecular formula is C16H28N4. The molecule has 2 rings (SSSR count). The number of benzene rings is 1. The highest BCUT2D eigenvalue weighted by molar-refractivity contribution is 5.23. The monoisotopic (exact) mass is 276 g/mol. The Morgan fingerprint density at radius 1 is 1.35 bits per heavy atom.